The van der Waals surface area contributed by atoms with Gasteiger partial charge in [-0.1, -0.05) is 13.8 Å². The van der Waals surface area contributed by atoms with Crippen molar-refractivity contribution in [1.29, 1.82) is 0 Å². The molecule has 1 saturated carbocycles. The van der Waals surface area contributed by atoms with Gasteiger partial charge >= 0.3 is 0 Å². The highest BCUT2D eigenvalue weighted by molar-refractivity contribution is 5.64. The lowest BCUT2D eigenvalue weighted by molar-refractivity contribution is 0.0568. The Labute approximate surface area is 213 Å². The number of anilines is 1. The molecule has 2 aliphatic rings. The Balaban J connectivity index is 1.29. The Hall–Kier alpha value is -2.77. The lowest BCUT2D eigenvalue weighted by atomic mass is 9.92. The molecule has 1 aliphatic carbocycles. The summed E-state index contributed by atoms with van der Waals surface area (Å²) in [5.74, 6) is 0.794. The average molecular weight is 492 g/mol. The topological polar surface area (TPSA) is 55.2 Å². The maximum atomic E-state index is 14.4. The number of aromatic nitrogens is 3. The molecule has 36 heavy (non-hydrogen) atoms. The average Bonchev–Trinajstić information content (AvgIpc) is 3.59. The van der Waals surface area contributed by atoms with Crippen LogP contribution < -0.4 is 5.32 Å². The molecule has 0 radical (unpaired) electrons. The predicted molar refractivity (Wildman–Crippen MR) is 142 cm³/mol. The Morgan fingerprint density at radius 3 is 2.75 bits per heavy atom. The number of likely N-dealkylation sites (tertiary alicyclic amines) is 1. The normalized spacial score (nSPS) is 21.5. The Bertz CT molecular complexity index is 1190. The second-order valence-corrected chi connectivity index (χ2v) is 10.6. The van der Waals surface area contributed by atoms with Gasteiger partial charge in [-0.25, -0.2) is 9.37 Å². The van der Waals surface area contributed by atoms with Gasteiger partial charge in [-0.05, 0) is 73.8 Å². The SMILES string of the molecule is CCC(COC)N1CCC(Nc2cncc(-c3cn(-c4cc(C5CC5)c(F)cc4C)cn3)c2)C(C)C1. The van der Waals surface area contributed by atoms with E-state index in [4.69, 9.17) is 4.74 Å². The first-order valence-corrected chi connectivity index (χ1v) is 13.3. The molecular formula is C29H38FN5O. The summed E-state index contributed by atoms with van der Waals surface area (Å²) in [6, 6.07) is 6.67. The maximum absolute atomic E-state index is 14.4. The highest BCUT2D eigenvalue weighted by Crippen LogP contribution is 2.42. The number of hydrogen-bond acceptors (Lipinski definition) is 5. The number of pyridine rings is 1. The first kappa shape index (κ1) is 24.9. The molecule has 3 unspecified atom stereocenters. The number of hydrogen-bond donors (Lipinski definition) is 1. The smallest absolute Gasteiger partial charge is 0.127 e. The van der Waals surface area contributed by atoms with Crippen molar-refractivity contribution in [3.63, 3.8) is 0 Å². The van der Waals surface area contributed by atoms with Crippen LogP contribution in [-0.2, 0) is 4.74 Å². The molecule has 0 amide bonds. The fraction of sp³-hybridized carbons (Fsp3) is 0.517. The van der Waals surface area contributed by atoms with Crippen molar-refractivity contribution in [2.24, 2.45) is 5.92 Å². The third kappa shape index (κ3) is 5.32. The van der Waals surface area contributed by atoms with Crippen LogP contribution in [0.5, 0.6) is 0 Å². The van der Waals surface area contributed by atoms with Crippen molar-refractivity contribution in [1.82, 2.24) is 19.4 Å². The van der Waals surface area contributed by atoms with E-state index in [-0.39, 0.29) is 5.82 Å². The van der Waals surface area contributed by atoms with E-state index in [9.17, 15) is 4.39 Å². The number of benzene rings is 1. The van der Waals surface area contributed by atoms with Crippen LogP contribution in [0.4, 0.5) is 10.1 Å². The summed E-state index contributed by atoms with van der Waals surface area (Å²) in [5.41, 5.74) is 5.56. The Morgan fingerprint density at radius 1 is 1.19 bits per heavy atom. The number of piperidine rings is 1. The van der Waals surface area contributed by atoms with E-state index >= 15 is 0 Å². The van der Waals surface area contributed by atoms with Crippen molar-refractivity contribution in [3.05, 3.63) is 60.1 Å². The first-order valence-electron chi connectivity index (χ1n) is 13.3. The quantitative estimate of drug-likeness (QED) is 0.410. The van der Waals surface area contributed by atoms with Crippen LogP contribution in [0.2, 0.25) is 0 Å². The van der Waals surface area contributed by atoms with Crippen molar-refractivity contribution >= 4 is 5.69 Å². The summed E-state index contributed by atoms with van der Waals surface area (Å²) < 4.78 is 21.9. The van der Waals surface area contributed by atoms with Crippen molar-refractivity contribution in [2.45, 2.75) is 64.5 Å². The molecule has 1 saturated heterocycles. The molecule has 1 aromatic carbocycles. The highest BCUT2D eigenvalue weighted by atomic mass is 19.1. The van der Waals surface area contributed by atoms with E-state index in [1.165, 1.54) is 0 Å². The summed E-state index contributed by atoms with van der Waals surface area (Å²) >= 11 is 0. The number of aryl methyl sites for hydroxylation is 1. The van der Waals surface area contributed by atoms with E-state index in [2.05, 4.69) is 40.1 Å². The predicted octanol–water partition coefficient (Wildman–Crippen LogP) is 5.81. The number of methoxy groups -OCH3 is 1. The third-order valence-corrected chi connectivity index (χ3v) is 7.86. The van der Waals surface area contributed by atoms with Crippen LogP contribution in [0.1, 0.15) is 56.6 Å². The molecule has 6 nitrogen and oxygen atoms in total. The molecule has 0 spiro atoms. The molecule has 3 atom stereocenters. The molecule has 7 heteroatoms. The fourth-order valence-corrected chi connectivity index (χ4v) is 5.54. The minimum atomic E-state index is -0.0916. The summed E-state index contributed by atoms with van der Waals surface area (Å²) in [4.78, 5) is 11.7. The molecule has 2 aromatic heterocycles. The summed E-state index contributed by atoms with van der Waals surface area (Å²) in [5, 5.41) is 3.73. The number of rotatable bonds is 9. The molecule has 3 aromatic rings. The van der Waals surface area contributed by atoms with Crippen molar-refractivity contribution in [2.75, 3.05) is 32.1 Å². The van der Waals surface area contributed by atoms with Gasteiger partial charge in [-0.15, -0.1) is 0 Å². The van der Waals surface area contributed by atoms with Crippen LogP contribution in [-0.4, -0.2) is 58.3 Å². The van der Waals surface area contributed by atoms with Gasteiger partial charge in [-0.2, -0.15) is 0 Å². The monoisotopic (exact) mass is 491 g/mol. The Morgan fingerprint density at radius 2 is 2.03 bits per heavy atom. The molecule has 1 aliphatic heterocycles. The molecule has 0 bridgehead atoms. The summed E-state index contributed by atoms with van der Waals surface area (Å²) in [6.07, 6.45) is 11.9. The van der Waals surface area contributed by atoms with Crippen LogP contribution in [0.15, 0.2) is 43.1 Å². The maximum Gasteiger partial charge on any atom is 0.127 e. The van der Waals surface area contributed by atoms with Crippen LogP contribution in [0.3, 0.4) is 0 Å². The lowest BCUT2D eigenvalue weighted by Crippen LogP contribution is -2.50. The van der Waals surface area contributed by atoms with Gasteiger partial charge in [-0.3, -0.25) is 9.88 Å². The zero-order valence-corrected chi connectivity index (χ0v) is 21.9. The number of halogens is 1. The molecule has 1 N–H and O–H groups in total. The second-order valence-electron chi connectivity index (χ2n) is 10.6. The van der Waals surface area contributed by atoms with E-state index in [1.807, 2.05) is 42.5 Å². The van der Waals surface area contributed by atoms with Gasteiger partial charge in [0.15, 0.2) is 0 Å². The zero-order chi connectivity index (χ0) is 25.2. The molecule has 192 valence electrons. The van der Waals surface area contributed by atoms with Gasteiger partial charge < -0.3 is 14.6 Å². The van der Waals surface area contributed by atoms with E-state index in [1.54, 1.807) is 13.2 Å². The number of nitrogens with zero attached hydrogens (tertiary/aromatic N) is 4. The molecule has 5 rings (SSSR count). The van der Waals surface area contributed by atoms with E-state index in [0.717, 1.165) is 79.1 Å². The zero-order valence-electron chi connectivity index (χ0n) is 21.9. The van der Waals surface area contributed by atoms with Crippen LogP contribution in [0.25, 0.3) is 16.9 Å². The largest absolute Gasteiger partial charge is 0.383 e. The molecule has 3 heterocycles. The number of ether oxygens (including phenoxy) is 1. The molecule has 2 fully saturated rings. The van der Waals surface area contributed by atoms with Crippen molar-refractivity contribution < 1.29 is 9.13 Å². The molecular weight excluding hydrogens is 453 g/mol. The lowest BCUT2D eigenvalue weighted by Gasteiger charge is -2.41. The van der Waals surface area contributed by atoms with Gasteiger partial charge in [0.2, 0.25) is 0 Å². The van der Waals surface area contributed by atoms with Gasteiger partial charge in [0.05, 0.1) is 24.3 Å². The van der Waals surface area contributed by atoms with Gasteiger partial charge in [0.25, 0.3) is 0 Å². The Kier molecular flexibility index (Phi) is 7.39. The van der Waals surface area contributed by atoms with E-state index < -0.39 is 0 Å². The van der Waals surface area contributed by atoms with Crippen molar-refractivity contribution in [3.8, 4) is 16.9 Å². The third-order valence-electron chi connectivity index (χ3n) is 7.86. The summed E-state index contributed by atoms with van der Waals surface area (Å²) in [7, 11) is 1.79. The minimum absolute atomic E-state index is 0.0916. The van der Waals surface area contributed by atoms with Crippen LogP contribution >= 0.6 is 0 Å². The van der Waals surface area contributed by atoms with Gasteiger partial charge in [0, 0.05) is 62.1 Å². The standard InChI is InChI=1S/C29H38FN5O/c1-5-24(17-36-4)34-9-8-27(20(3)15-34)33-23-11-22(13-31-14-23)28-16-35(18-32-28)29-12-25(21-6-7-21)26(30)10-19(29)2/h10-14,16,18,20-21,24,27,33H,5-9,15,17H2,1-4H3. The minimum Gasteiger partial charge on any atom is -0.383 e. The van der Waals surface area contributed by atoms with Crippen LogP contribution in [0, 0.1) is 18.7 Å². The second kappa shape index (κ2) is 10.7. The summed E-state index contributed by atoms with van der Waals surface area (Å²) in [6.45, 7) is 9.44. The first-order chi connectivity index (χ1) is 17.5. The highest BCUT2D eigenvalue weighted by Gasteiger charge is 2.30. The van der Waals surface area contributed by atoms with E-state index in [0.29, 0.717) is 23.9 Å². The number of imidazole rings is 1. The van der Waals surface area contributed by atoms with Gasteiger partial charge in [0.1, 0.15) is 5.82 Å². The number of nitrogens with one attached hydrogen (secondary N) is 1. The fourth-order valence-electron chi connectivity index (χ4n) is 5.54.